The first-order valence-electron chi connectivity index (χ1n) is 6.99. The Kier molecular flexibility index (Phi) is 3.96. The molecule has 0 N–H and O–H groups in total. The third-order valence-electron chi connectivity index (χ3n) is 3.53. The van der Waals surface area contributed by atoms with E-state index in [0.29, 0.717) is 17.9 Å². The molecule has 114 valence electrons. The Morgan fingerprint density at radius 3 is 2.77 bits per heavy atom. The molecule has 3 rings (SSSR count). The maximum Gasteiger partial charge on any atom is 0.231 e. The molecule has 0 unspecified atom stereocenters. The van der Waals surface area contributed by atoms with Gasteiger partial charge in [-0.15, -0.1) is 0 Å². The number of halogens is 1. The highest BCUT2D eigenvalue weighted by Crippen LogP contribution is 2.32. The van der Waals surface area contributed by atoms with Crippen molar-refractivity contribution in [3.05, 3.63) is 59.4 Å². The van der Waals surface area contributed by atoms with Crippen molar-refractivity contribution in [3.8, 4) is 11.5 Å². The van der Waals surface area contributed by atoms with Gasteiger partial charge >= 0.3 is 0 Å². The number of amides is 1. The SMILES string of the molecule is CN(Cc1ccc2c(c1)OCO2)C(=O)Cc1cccc(F)c1. The Morgan fingerprint density at radius 1 is 1.14 bits per heavy atom. The van der Waals surface area contributed by atoms with Gasteiger partial charge in [-0.2, -0.15) is 0 Å². The quantitative estimate of drug-likeness (QED) is 0.871. The van der Waals surface area contributed by atoms with E-state index in [1.807, 2.05) is 18.2 Å². The first kappa shape index (κ1) is 14.4. The van der Waals surface area contributed by atoms with Gasteiger partial charge in [-0.1, -0.05) is 18.2 Å². The molecule has 1 aliphatic heterocycles. The summed E-state index contributed by atoms with van der Waals surface area (Å²) in [5.74, 6) is 1.02. The van der Waals surface area contributed by atoms with Crippen LogP contribution < -0.4 is 9.47 Å². The van der Waals surface area contributed by atoms with Crippen molar-refractivity contribution in [2.24, 2.45) is 0 Å². The normalized spacial score (nSPS) is 12.3. The summed E-state index contributed by atoms with van der Waals surface area (Å²) >= 11 is 0. The molecule has 5 heteroatoms. The number of carbonyl (C=O) groups excluding carboxylic acids is 1. The van der Waals surface area contributed by atoms with E-state index < -0.39 is 0 Å². The van der Waals surface area contributed by atoms with Crippen molar-refractivity contribution in [2.45, 2.75) is 13.0 Å². The Balaban J connectivity index is 1.63. The topological polar surface area (TPSA) is 38.8 Å². The van der Waals surface area contributed by atoms with Crippen molar-refractivity contribution in [1.29, 1.82) is 0 Å². The zero-order valence-corrected chi connectivity index (χ0v) is 12.2. The van der Waals surface area contributed by atoms with Gasteiger partial charge in [-0.3, -0.25) is 4.79 Å². The van der Waals surface area contributed by atoms with Gasteiger partial charge in [0.05, 0.1) is 6.42 Å². The maximum atomic E-state index is 13.1. The van der Waals surface area contributed by atoms with E-state index >= 15 is 0 Å². The van der Waals surface area contributed by atoms with E-state index in [1.165, 1.54) is 12.1 Å². The van der Waals surface area contributed by atoms with Gasteiger partial charge in [0.25, 0.3) is 0 Å². The highest BCUT2D eigenvalue weighted by atomic mass is 19.1. The van der Waals surface area contributed by atoms with Crippen LogP contribution in [0.5, 0.6) is 11.5 Å². The Labute approximate surface area is 128 Å². The van der Waals surface area contributed by atoms with Gasteiger partial charge in [0.15, 0.2) is 11.5 Å². The summed E-state index contributed by atoms with van der Waals surface area (Å²) in [4.78, 5) is 13.8. The van der Waals surface area contributed by atoms with Gasteiger partial charge in [-0.05, 0) is 35.4 Å². The van der Waals surface area contributed by atoms with Crippen LogP contribution in [0.1, 0.15) is 11.1 Å². The molecule has 1 amide bonds. The molecule has 0 bridgehead atoms. The number of hydrogen-bond donors (Lipinski definition) is 0. The number of benzene rings is 2. The molecule has 1 heterocycles. The summed E-state index contributed by atoms with van der Waals surface area (Å²) in [7, 11) is 1.73. The zero-order valence-electron chi connectivity index (χ0n) is 12.2. The smallest absolute Gasteiger partial charge is 0.231 e. The maximum absolute atomic E-state index is 13.1. The van der Waals surface area contributed by atoms with E-state index in [2.05, 4.69) is 0 Å². The first-order valence-corrected chi connectivity index (χ1v) is 6.99. The van der Waals surface area contributed by atoms with Gasteiger partial charge in [0.2, 0.25) is 12.7 Å². The monoisotopic (exact) mass is 301 g/mol. The summed E-state index contributed by atoms with van der Waals surface area (Å²) in [5.41, 5.74) is 1.63. The molecule has 2 aromatic rings. The number of likely N-dealkylation sites (N-methyl/N-ethyl adjacent to an activating group) is 1. The molecule has 0 atom stereocenters. The summed E-state index contributed by atoms with van der Waals surface area (Å²) in [5, 5.41) is 0. The Bertz CT molecular complexity index is 702. The number of hydrogen-bond acceptors (Lipinski definition) is 3. The number of carbonyl (C=O) groups is 1. The molecule has 2 aromatic carbocycles. The average molecular weight is 301 g/mol. The number of fused-ring (bicyclic) bond motifs is 1. The molecule has 1 aliphatic rings. The lowest BCUT2D eigenvalue weighted by Gasteiger charge is -2.17. The van der Waals surface area contributed by atoms with Gasteiger partial charge in [-0.25, -0.2) is 4.39 Å². The third kappa shape index (κ3) is 3.19. The van der Waals surface area contributed by atoms with Gasteiger partial charge in [0.1, 0.15) is 5.82 Å². The van der Waals surface area contributed by atoms with Crippen LogP contribution >= 0.6 is 0 Å². The molecule has 0 aromatic heterocycles. The lowest BCUT2D eigenvalue weighted by atomic mass is 10.1. The Morgan fingerprint density at radius 2 is 1.95 bits per heavy atom. The fraction of sp³-hybridized carbons (Fsp3) is 0.235. The molecule has 0 fully saturated rings. The van der Waals surface area contributed by atoms with Gasteiger partial charge < -0.3 is 14.4 Å². The molecular weight excluding hydrogens is 285 g/mol. The zero-order chi connectivity index (χ0) is 15.5. The number of nitrogens with zero attached hydrogens (tertiary/aromatic N) is 1. The van der Waals surface area contributed by atoms with Crippen LogP contribution in [0.2, 0.25) is 0 Å². The summed E-state index contributed by atoms with van der Waals surface area (Å²) < 4.78 is 23.7. The average Bonchev–Trinajstić information content (AvgIpc) is 2.94. The van der Waals surface area contributed by atoms with E-state index in [1.54, 1.807) is 24.1 Å². The van der Waals surface area contributed by atoms with Crippen molar-refractivity contribution < 1.29 is 18.7 Å². The van der Waals surface area contributed by atoms with Crippen LogP contribution in [0, 0.1) is 5.82 Å². The number of rotatable bonds is 4. The molecule has 0 aliphatic carbocycles. The fourth-order valence-electron chi connectivity index (χ4n) is 2.36. The van der Waals surface area contributed by atoms with Crippen molar-refractivity contribution in [1.82, 2.24) is 4.90 Å². The lowest BCUT2D eigenvalue weighted by Crippen LogP contribution is -2.27. The van der Waals surface area contributed by atoms with E-state index in [-0.39, 0.29) is 24.9 Å². The molecule has 0 saturated carbocycles. The minimum atomic E-state index is -0.330. The van der Waals surface area contributed by atoms with Crippen molar-refractivity contribution in [3.63, 3.8) is 0 Å². The molecule has 0 spiro atoms. The van der Waals surface area contributed by atoms with Crippen LogP contribution in [0.25, 0.3) is 0 Å². The van der Waals surface area contributed by atoms with E-state index in [0.717, 1.165) is 11.3 Å². The lowest BCUT2D eigenvalue weighted by molar-refractivity contribution is -0.129. The standard InChI is InChI=1S/C17H16FNO3/c1-19(17(20)9-12-3-2-4-14(18)7-12)10-13-5-6-15-16(8-13)22-11-21-15/h2-8H,9-11H2,1H3. The second-order valence-electron chi connectivity index (χ2n) is 5.24. The minimum absolute atomic E-state index is 0.0664. The molecule has 22 heavy (non-hydrogen) atoms. The summed E-state index contributed by atoms with van der Waals surface area (Å²) in [6, 6.07) is 11.7. The predicted molar refractivity (Wildman–Crippen MR) is 79.1 cm³/mol. The largest absolute Gasteiger partial charge is 0.454 e. The van der Waals surface area contributed by atoms with Crippen LogP contribution in [-0.2, 0) is 17.8 Å². The third-order valence-corrected chi connectivity index (χ3v) is 3.53. The van der Waals surface area contributed by atoms with Crippen LogP contribution in [0.3, 0.4) is 0 Å². The summed E-state index contributed by atoms with van der Waals surface area (Å²) in [6.45, 7) is 0.692. The molecular formula is C17H16FNO3. The van der Waals surface area contributed by atoms with Crippen molar-refractivity contribution in [2.75, 3.05) is 13.8 Å². The van der Waals surface area contributed by atoms with Crippen molar-refractivity contribution >= 4 is 5.91 Å². The van der Waals surface area contributed by atoms with Gasteiger partial charge in [0, 0.05) is 13.6 Å². The van der Waals surface area contributed by atoms with Crippen LogP contribution in [-0.4, -0.2) is 24.6 Å². The first-order chi connectivity index (χ1) is 10.6. The van der Waals surface area contributed by atoms with Crippen LogP contribution in [0.15, 0.2) is 42.5 Å². The predicted octanol–water partition coefficient (Wildman–Crippen LogP) is 2.76. The summed E-state index contributed by atoms with van der Waals surface area (Å²) in [6.07, 6.45) is 0.179. The molecule has 0 saturated heterocycles. The fourth-order valence-corrected chi connectivity index (χ4v) is 2.36. The second kappa shape index (κ2) is 6.05. The van der Waals surface area contributed by atoms with E-state index in [9.17, 15) is 9.18 Å². The second-order valence-corrected chi connectivity index (χ2v) is 5.24. The number of ether oxygens (including phenoxy) is 2. The highest BCUT2D eigenvalue weighted by Gasteiger charge is 2.15. The Hall–Kier alpha value is -2.56. The van der Waals surface area contributed by atoms with Crippen LogP contribution in [0.4, 0.5) is 4.39 Å². The van der Waals surface area contributed by atoms with E-state index in [4.69, 9.17) is 9.47 Å². The highest BCUT2D eigenvalue weighted by molar-refractivity contribution is 5.78. The minimum Gasteiger partial charge on any atom is -0.454 e. The molecule has 4 nitrogen and oxygen atoms in total. The molecule has 0 radical (unpaired) electrons.